The average molecular weight is 431 g/mol. The van der Waals surface area contributed by atoms with E-state index in [1.165, 1.54) is 37.3 Å². The lowest BCUT2D eigenvalue weighted by Gasteiger charge is -2.09. The van der Waals surface area contributed by atoms with Crippen molar-refractivity contribution in [2.75, 3.05) is 6.61 Å². The molecule has 0 saturated carbocycles. The first-order valence-corrected chi connectivity index (χ1v) is 9.08. The van der Waals surface area contributed by atoms with Crippen molar-refractivity contribution >= 4 is 41.2 Å². The number of hydrogen-bond acceptors (Lipinski definition) is 8. The van der Waals surface area contributed by atoms with Crippen molar-refractivity contribution in [2.45, 2.75) is 13.8 Å². The van der Waals surface area contributed by atoms with Crippen molar-refractivity contribution < 1.29 is 28.7 Å². The zero-order valence-electron chi connectivity index (χ0n) is 15.9. The van der Waals surface area contributed by atoms with Gasteiger partial charge < -0.3 is 14.2 Å². The number of carbonyl (C=O) groups excluding carboxylic acids is 2. The normalized spacial score (nSPS) is 14.3. The molecule has 9 nitrogen and oxygen atoms in total. The topological polar surface area (TPSA) is 117 Å². The summed E-state index contributed by atoms with van der Waals surface area (Å²) in [5.74, 6) is -0.844. The number of benzene rings is 2. The molecule has 10 heteroatoms. The van der Waals surface area contributed by atoms with E-state index in [9.17, 15) is 19.7 Å². The number of nitrogens with zero attached hydrogens (tertiary/aromatic N) is 2. The lowest BCUT2D eigenvalue weighted by atomic mass is 10.1. The van der Waals surface area contributed by atoms with Gasteiger partial charge in [-0.05, 0) is 31.2 Å². The van der Waals surface area contributed by atoms with Gasteiger partial charge >= 0.3 is 11.9 Å². The Kier molecular flexibility index (Phi) is 6.12. The van der Waals surface area contributed by atoms with Gasteiger partial charge in [-0.2, -0.15) is 0 Å². The predicted molar refractivity (Wildman–Crippen MR) is 108 cm³/mol. The van der Waals surface area contributed by atoms with Crippen LogP contribution in [0.15, 0.2) is 47.1 Å². The number of halogens is 1. The summed E-state index contributed by atoms with van der Waals surface area (Å²) in [5.41, 5.74) is 0.171. The number of ether oxygens (including phenoxy) is 3. The first kappa shape index (κ1) is 21.0. The summed E-state index contributed by atoms with van der Waals surface area (Å²) in [7, 11) is 0. The molecule has 1 aliphatic heterocycles. The van der Waals surface area contributed by atoms with E-state index in [0.717, 1.165) is 0 Å². The van der Waals surface area contributed by atoms with E-state index in [-0.39, 0.29) is 33.6 Å². The summed E-state index contributed by atoms with van der Waals surface area (Å²) in [6.45, 7) is 3.48. The molecule has 2 aromatic rings. The summed E-state index contributed by atoms with van der Waals surface area (Å²) in [5, 5.41) is 11.1. The van der Waals surface area contributed by atoms with Crippen molar-refractivity contribution in [3.63, 3.8) is 0 Å². The van der Waals surface area contributed by atoms with Crippen LogP contribution in [0.25, 0.3) is 6.08 Å². The Morgan fingerprint density at radius 3 is 2.73 bits per heavy atom. The molecule has 0 saturated heterocycles. The van der Waals surface area contributed by atoms with E-state index >= 15 is 0 Å². The number of cyclic esters (lactones) is 1. The highest BCUT2D eigenvalue weighted by molar-refractivity contribution is 6.34. The maximum absolute atomic E-state index is 12.3. The number of carbonyl (C=O) groups is 2. The second kappa shape index (κ2) is 8.75. The van der Waals surface area contributed by atoms with E-state index in [1.54, 1.807) is 12.1 Å². The Balaban J connectivity index is 2.01. The summed E-state index contributed by atoms with van der Waals surface area (Å²) < 4.78 is 15.7. The minimum atomic E-state index is -0.782. The molecule has 1 aliphatic rings. The molecule has 0 amide bonds. The second-order valence-electron chi connectivity index (χ2n) is 5.98. The van der Waals surface area contributed by atoms with Crippen LogP contribution in [-0.2, 0) is 14.3 Å². The number of hydrogen-bond donors (Lipinski definition) is 0. The van der Waals surface area contributed by atoms with Crippen molar-refractivity contribution in [1.82, 2.24) is 0 Å². The van der Waals surface area contributed by atoms with Gasteiger partial charge in [0, 0.05) is 30.7 Å². The van der Waals surface area contributed by atoms with Crippen molar-refractivity contribution in [3.05, 3.63) is 68.4 Å². The van der Waals surface area contributed by atoms with Crippen LogP contribution in [0.2, 0.25) is 5.02 Å². The van der Waals surface area contributed by atoms with Crippen molar-refractivity contribution in [3.8, 4) is 11.5 Å². The number of non-ortho nitro benzene ring substituents is 1. The van der Waals surface area contributed by atoms with Crippen LogP contribution < -0.4 is 9.47 Å². The van der Waals surface area contributed by atoms with Crippen LogP contribution in [0.5, 0.6) is 11.5 Å². The number of esters is 2. The van der Waals surface area contributed by atoms with Crippen LogP contribution in [0.4, 0.5) is 5.69 Å². The Bertz CT molecular complexity index is 1110. The largest absolute Gasteiger partial charge is 0.494 e. The third-order valence-electron chi connectivity index (χ3n) is 3.85. The van der Waals surface area contributed by atoms with Crippen LogP contribution >= 0.6 is 11.6 Å². The summed E-state index contributed by atoms with van der Waals surface area (Å²) >= 11 is 6.08. The molecule has 30 heavy (non-hydrogen) atoms. The van der Waals surface area contributed by atoms with Gasteiger partial charge in [0.25, 0.3) is 5.69 Å². The molecule has 0 atom stereocenters. The zero-order valence-corrected chi connectivity index (χ0v) is 16.6. The zero-order chi connectivity index (χ0) is 21.8. The Labute approximate surface area is 175 Å². The molecular weight excluding hydrogens is 416 g/mol. The first-order chi connectivity index (χ1) is 14.3. The van der Waals surface area contributed by atoms with E-state index < -0.39 is 16.9 Å². The summed E-state index contributed by atoms with van der Waals surface area (Å²) in [6.07, 6.45) is 1.37. The quantitative estimate of drug-likeness (QED) is 0.224. The van der Waals surface area contributed by atoms with Gasteiger partial charge in [0.2, 0.25) is 5.90 Å². The molecule has 2 aromatic carbocycles. The second-order valence-corrected chi connectivity index (χ2v) is 6.39. The molecule has 3 rings (SSSR count). The third-order valence-corrected chi connectivity index (χ3v) is 4.18. The number of nitro groups is 1. The van der Waals surface area contributed by atoms with Gasteiger partial charge in [0.1, 0.15) is 11.5 Å². The van der Waals surface area contributed by atoms with Gasteiger partial charge in [-0.15, -0.1) is 0 Å². The molecule has 1 heterocycles. The smallest absolute Gasteiger partial charge is 0.363 e. The van der Waals surface area contributed by atoms with E-state index in [0.29, 0.717) is 17.9 Å². The molecule has 0 aromatic heterocycles. The fourth-order valence-corrected chi connectivity index (χ4v) is 2.79. The number of aliphatic imine (C=N–C) groups is 1. The van der Waals surface area contributed by atoms with Gasteiger partial charge in [-0.3, -0.25) is 14.9 Å². The number of nitro benzene ring substituents is 1. The van der Waals surface area contributed by atoms with E-state index in [2.05, 4.69) is 4.99 Å². The molecule has 0 N–H and O–H groups in total. The molecule has 0 unspecified atom stereocenters. The summed E-state index contributed by atoms with van der Waals surface area (Å²) in [4.78, 5) is 38.2. The van der Waals surface area contributed by atoms with Gasteiger partial charge in [0.05, 0.1) is 22.1 Å². The first-order valence-electron chi connectivity index (χ1n) is 8.70. The maximum Gasteiger partial charge on any atom is 0.363 e. The highest BCUT2D eigenvalue weighted by Gasteiger charge is 2.27. The average Bonchev–Trinajstić information content (AvgIpc) is 3.04. The van der Waals surface area contributed by atoms with Gasteiger partial charge in [-0.25, -0.2) is 9.79 Å². The summed E-state index contributed by atoms with van der Waals surface area (Å²) in [6, 6.07) is 8.46. The fraction of sp³-hybridized carbons (Fsp3) is 0.150. The lowest BCUT2D eigenvalue weighted by molar-refractivity contribution is -0.384. The molecule has 154 valence electrons. The van der Waals surface area contributed by atoms with Crippen LogP contribution in [0, 0.1) is 10.1 Å². The van der Waals surface area contributed by atoms with Crippen LogP contribution in [0.1, 0.15) is 25.0 Å². The maximum atomic E-state index is 12.3. The fourth-order valence-electron chi connectivity index (χ4n) is 2.60. The monoisotopic (exact) mass is 430 g/mol. The molecule has 0 radical (unpaired) electrons. The molecular formula is C20H15ClN2O7. The van der Waals surface area contributed by atoms with Crippen molar-refractivity contribution in [1.29, 1.82) is 0 Å². The SMILES string of the molecule is CCOc1ccc(/C=C2\N=C(c3cc([N+](=O)[O-])ccc3Cl)OC2=O)c(OC(C)=O)c1. The van der Waals surface area contributed by atoms with Crippen LogP contribution in [0.3, 0.4) is 0 Å². The molecule has 0 bridgehead atoms. The minimum absolute atomic E-state index is 0.0925. The Hall–Kier alpha value is -3.72. The Morgan fingerprint density at radius 1 is 1.30 bits per heavy atom. The minimum Gasteiger partial charge on any atom is -0.494 e. The van der Waals surface area contributed by atoms with E-state index in [4.69, 9.17) is 25.8 Å². The standard InChI is InChI=1S/C20H15ClN2O7/c1-3-28-14-6-4-12(18(10-14)29-11(2)24)8-17-20(25)30-19(22-17)15-9-13(23(26)27)5-7-16(15)21/h4-10H,3H2,1-2H3/b17-8-. The predicted octanol–water partition coefficient (Wildman–Crippen LogP) is 3.92. The Morgan fingerprint density at radius 2 is 2.07 bits per heavy atom. The highest BCUT2D eigenvalue weighted by Crippen LogP contribution is 2.30. The molecule has 0 spiro atoms. The third kappa shape index (κ3) is 4.64. The molecule has 0 fully saturated rings. The lowest BCUT2D eigenvalue weighted by Crippen LogP contribution is -2.07. The van der Waals surface area contributed by atoms with Crippen LogP contribution in [-0.4, -0.2) is 29.4 Å². The van der Waals surface area contributed by atoms with Crippen molar-refractivity contribution in [2.24, 2.45) is 4.99 Å². The molecule has 0 aliphatic carbocycles. The highest BCUT2D eigenvalue weighted by atomic mass is 35.5. The van der Waals surface area contributed by atoms with Gasteiger partial charge in [-0.1, -0.05) is 11.6 Å². The van der Waals surface area contributed by atoms with E-state index in [1.807, 2.05) is 6.92 Å². The number of rotatable bonds is 6. The van der Waals surface area contributed by atoms with Gasteiger partial charge in [0.15, 0.2) is 5.70 Å².